The Bertz CT molecular complexity index is 634. The molecule has 0 spiro atoms. The smallest absolute Gasteiger partial charge is 0.240 e. The molecule has 1 unspecified atom stereocenters. The summed E-state index contributed by atoms with van der Waals surface area (Å²) in [5, 5.41) is 1.16. The number of aromatic nitrogens is 1. The highest BCUT2D eigenvalue weighted by Crippen LogP contribution is 2.23. The van der Waals surface area contributed by atoms with Crippen molar-refractivity contribution in [2.45, 2.75) is 44.7 Å². The highest BCUT2D eigenvalue weighted by atomic mass is 16.2. The Morgan fingerprint density at radius 2 is 2.29 bits per heavy atom. The molecule has 21 heavy (non-hydrogen) atoms. The van der Waals surface area contributed by atoms with Crippen LogP contribution in [0.15, 0.2) is 30.5 Å². The summed E-state index contributed by atoms with van der Waals surface area (Å²) in [4.78, 5) is 17.8. The number of carbonyl (C=O) groups is 1. The number of benzene rings is 1. The molecule has 1 saturated heterocycles. The number of nitrogens with one attached hydrogen (secondary N) is 1. The average molecular weight is 285 g/mol. The topological polar surface area (TPSA) is 62.1 Å². The van der Waals surface area contributed by atoms with Gasteiger partial charge >= 0.3 is 0 Å². The van der Waals surface area contributed by atoms with Gasteiger partial charge in [0.2, 0.25) is 5.91 Å². The van der Waals surface area contributed by atoms with Crippen LogP contribution < -0.4 is 5.73 Å². The summed E-state index contributed by atoms with van der Waals surface area (Å²) >= 11 is 0. The first-order valence-corrected chi connectivity index (χ1v) is 7.81. The van der Waals surface area contributed by atoms with Crippen LogP contribution in [-0.2, 0) is 11.2 Å². The molecular formula is C17H23N3O. The lowest BCUT2D eigenvalue weighted by atomic mass is 10.0. The van der Waals surface area contributed by atoms with E-state index in [1.807, 2.05) is 29.3 Å². The number of hydrogen-bond acceptors (Lipinski definition) is 2. The number of fused-ring (bicyclic) bond motifs is 1. The Labute approximate surface area is 125 Å². The molecule has 1 amide bonds. The second-order valence-electron chi connectivity index (χ2n) is 5.91. The van der Waals surface area contributed by atoms with Crippen LogP contribution in [-0.4, -0.2) is 34.4 Å². The summed E-state index contributed by atoms with van der Waals surface area (Å²) in [7, 11) is 0. The molecule has 0 saturated carbocycles. The van der Waals surface area contributed by atoms with E-state index in [1.54, 1.807) is 0 Å². The van der Waals surface area contributed by atoms with Gasteiger partial charge < -0.3 is 15.6 Å². The second-order valence-corrected chi connectivity index (χ2v) is 5.91. The van der Waals surface area contributed by atoms with Gasteiger partial charge in [-0.25, -0.2) is 0 Å². The van der Waals surface area contributed by atoms with Crippen molar-refractivity contribution in [3.8, 4) is 0 Å². The summed E-state index contributed by atoms with van der Waals surface area (Å²) in [6.07, 6.45) is 5.80. The van der Waals surface area contributed by atoms with E-state index in [4.69, 9.17) is 5.73 Å². The summed E-state index contributed by atoms with van der Waals surface area (Å²) in [5.41, 5.74) is 8.41. The number of likely N-dealkylation sites (tertiary alicyclic amines) is 1. The molecular weight excluding hydrogens is 262 g/mol. The van der Waals surface area contributed by atoms with Gasteiger partial charge in [0.25, 0.3) is 0 Å². The first-order chi connectivity index (χ1) is 10.2. The molecule has 3 N–H and O–H groups in total. The van der Waals surface area contributed by atoms with Crippen LogP contribution in [0.4, 0.5) is 0 Å². The minimum Gasteiger partial charge on any atom is -0.361 e. The van der Waals surface area contributed by atoms with Gasteiger partial charge in [-0.2, -0.15) is 0 Å². The van der Waals surface area contributed by atoms with Crippen molar-refractivity contribution in [1.29, 1.82) is 0 Å². The maximum atomic E-state index is 12.6. The zero-order valence-electron chi connectivity index (χ0n) is 12.5. The lowest BCUT2D eigenvalue weighted by Crippen LogP contribution is -2.46. The molecule has 0 bridgehead atoms. The van der Waals surface area contributed by atoms with Gasteiger partial charge in [-0.3, -0.25) is 4.79 Å². The van der Waals surface area contributed by atoms with Crippen LogP contribution >= 0.6 is 0 Å². The van der Waals surface area contributed by atoms with E-state index in [0.29, 0.717) is 12.5 Å². The van der Waals surface area contributed by atoms with Crippen molar-refractivity contribution < 1.29 is 4.79 Å². The zero-order valence-corrected chi connectivity index (χ0v) is 12.5. The normalized spacial score (nSPS) is 20.1. The molecule has 1 aromatic carbocycles. The highest BCUT2D eigenvalue weighted by molar-refractivity contribution is 5.86. The number of aromatic amines is 1. The van der Waals surface area contributed by atoms with E-state index in [0.717, 1.165) is 42.3 Å². The van der Waals surface area contributed by atoms with E-state index in [9.17, 15) is 4.79 Å². The average Bonchev–Trinajstić information content (AvgIpc) is 3.13. The molecule has 1 aliphatic heterocycles. The molecule has 3 rings (SSSR count). The van der Waals surface area contributed by atoms with E-state index in [2.05, 4.69) is 18.0 Å². The zero-order chi connectivity index (χ0) is 14.8. The van der Waals surface area contributed by atoms with Crippen LogP contribution in [0.2, 0.25) is 0 Å². The van der Waals surface area contributed by atoms with Gasteiger partial charge in [0.1, 0.15) is 0 Å². The Kier molecular flexibility index (Phi) is 3.97. The van der Waals surface area contributed by atoms with E-state index in [-0.39, 0.29) is 5.91 Å². The maximum absolute atomic E-state index is 12.6. The highest BCUT2D eigenvalue weighted by Gasteiger charge is 2.30. The third kappa shape index (κ3) is 2.68. The third-order valence-corrected chi connectivity index (χ3v) is 4.56. The fourth-order valence-electron chi connectivity index (χ4n) is 3.39. The number of H-pyrrole nitrogens is 1. The van der Waals surface area contributed by atoms with Gasteiger partial charge in [-0.05, 0) is 37.3 Å². The minimum absolute atomic E-state index is 0.102. The van der Waals surface area contributed by atoms with E-state index >= 15 is 0 Å². The summed E-state index contributed by atoms with van der Waals surface area (Å²) in [5.74, 6) is 0.102. The Morgan fingerprint density at radius 1 is 1.48 bits per heavy atom. The molecule has 0 radical (unpaired) electrons. The summed E-state index contributed by atoms with van der Waals surface area (Å²) in [6, 6.07) is 8.07. The molecule has 1 aromatic heterocycles. The van der Waals surface area contributed by atoms with Gasteiger partial charge in [-0.1, -0.05) is 25.1 Å². The molecule has 2 atom stereocenters. The van der Waals surface area contributed by atoms with Crippen molar-refractivity contribution in [3.05, 3.63) is 36.0 Å². The van der Waals surface area contributed by atoms with Crippen LogP contribution in [0.25, 0.3) is 10.9 Å². The van der Waals surface area contributed by atoms with Crippen molar-refractivity contribution in [2.75, 3.05) is 6.54 Å². The number of amides is 1. The quantitative estimate of drug-likeness (QED) is 0.906. The van der Waals surface area contributed by atoms with Crippen molar-refractivity contribution in [2.24, 2.45) is 5.73 Å². The van der Waals surface area contributed by atoms with Crippen LogP contribution in [0.3, 0.4) is 0 Å². The number of rotatable bonds is 4. The third-order valence-electron chi connectivity index (χ3n) is 4.56. The molecule has 4 nitrogen and oxygen atoms in total. The molecule has 2 heterocycles. The maximum Gasteiger partial charge on any atom is 0.240 e. The lowest BCUT2D eigenvalue weighted by molar-refractivity contribution is -0.133. The molecule has 0 aliphatic carbocycles. The lowest BCUT2D eigenvalue weighted by Gasteiger charge is -2.26. The van der Waals surface area contributed by atoms with Crippen LogP contribution in [0.5, 0.6) is 0 Å². The SMILES string of the molecule is CCC1CCCN1C(=O)[C@@H](N)Cc1c[nH]c2ccccc12. The largest absolute Gasteiger partial charge is 0.361 e. The predicted molar refractivity (Wildman–Crippen MR) is 85.0 cm³/mol. The number of carbonyl (C=O) groups excluding carboxylic acids is 1. The minimum atomic E-state index is -0.448. The number of para-hydroxylation sites is 1. The van der Waals surface area contributed by atoms with Crippen molar-refractivity contribution >= 4 is 16.8 Å². The number of nitrogens with zero attached hydrogens (tertiary/aromatic N) is 1. The van der Waals surface area contributed by atoms with E-state index < -0.39 is 6.04 Å². The molecule has 112 valence electrons. The monoisotopic (exact) mass is 285 g/mol. The Balaban J connectivity index is 1.74. The van der Waals surface area contributed by atoms with E-state index in [1.165, 1.54) is 0 Å². The standard InChI is InChI=1S/C17H23N3O/c1-2-13-6-5-9-20(13)17(21)15(18)10-12-11-19-16-8-4-3-7-14(12)16/h3-4,7-8,11,13,15,19H,2,5-6,9-10,18H2,1H3/t13?,15-/m0/s1. The first kappa shape index (κ1) is 14.1. The molecule has 1 aliphatic rings. The predicted octanol–water partition coefficient (Wildman–Crippen LogP) is 2.44. The second kappa shape index (κ2) is 5.90. The summed E-state index contributed by atoms with van der Waals surface area (Å²) in [6.45, 7) is 3.00. The van der Waals surface area contributed by atoms with Crippen molar-refractivity contribution in [3.63, 3.8) is 0 Å². The summed E-state index contributed by atoms with van der Waals surface area (Å²) < 4.78 is 0. The number of hydrogen-bond donors (Lipinski definition) is 2. The van der Waals surface area contributed by atoms with Crippen molar-refractivity contribution in [1.82, 2.24) is 9.88 Å². The Morgan fingerprint density at radius 3 is 3.10 bits per heavy atom. The van der Waals surface area contributed by atoms with Gasteiger partial charge in [0.15, 0.2) is 0 Å². The van der Waals surface area contributed by atoms with Crippen LogP contribution in [0.1, 0.15) is 31.7 Å². The fourth-order valence-corrected chi connectivity index (χ4v) is 3.39. The molecule has 2 aromatic rings. The fraction of sp³-hybridized carbons (Fsp3) is 0.471. The molecule has 4 heteroatoms. The molecule has 1 fully saturated rings. The van der Waals surface area contributed by atoms with Crippen LogP contribution in [0, 0.1) is 0 Å². The van der Waals surface area contributed by atoms with Gasteiger partial charge in [0, 0.05) is 29.7 Å². The first-order valence-electron chi connectivity index (χ1n) is 7.81. The van der Waals surface area contributed by atoms with Gasteiger partial charge in [-0.15, -0.1) is 0 Å². The van der Waals surface area contributed by atoms with Gasteiger partial charge in [0.05, 0.1) is 6.04 Å². The Hall–Kier alpha value is -1.81. The number of nitrogens with two attached hydrogens (primary N) is 1.